The molecule has 0 aromatic heterocycles. The number of nitrogens with zero attached hydrogens (tertiary/aromatic N) is 1. The van der Waals surface area contributed by atoms with Crippen LogP contribution in [0.4, 0.5) is 0 Å². The zero-order chi connectivity index (χ0) is 16.2. The van der Waals surface area contributed by atoms with Gasteiger partial charge in [-0.05, 0) is 22.9 Å². The summed E-state index contributed by atoms with van der Waals surface area (Å²) in [6.45, 7) is -0.384. The Morgan fingerprint density at radius 2 is 1.86 bits per heavy atom. The molecular weight excluding hydrogens is 304 g/mol. The number of benzene rings is 2. The summed E-state index contributed by atoms with van der Waals surface area (Å²) in [5, 5.41) is 12.8. The van der Waals surface area contributed by atoms with Crippen LogP contribution in [-0.2, 0) is 14.8 Å². The van der Waals surface area contributed by atoms with Gasteiger partial charge in [0.05, 0.1) is 18.0 Å². The SMILES string of the molecule is CN(CC(=O)NCCO)S(=O)(=O)c1ccc2ccccc2c1. The molecule has 1 amide bonds. The first-order valence-electron chi connectivity index (χ1n) is 6.78. The fourth-order valence-corrected chi connectivity index (χ4v) is 3.21. The highest BCUT2D eigenvalue weighted by Crippen LogP contribution is 2.21. The van der Waals surface area contributed by atoms with Gasteiger partial charge in [-0.1, -0.05) is 30.3 Å². The summed E-state index contributed by atoms with van der Waals surface area (Å²) >= 11 is 0. The molecule has 0 aliphatic carbocycles. The molecule has 0 aliphatic heterocycles. The van der Waals surface area contributed by atoms with E-state index in [0.717, 1.165) is 15.1 Å². The standard InChI is InChI=1S/C15H18N2O4S/c1-17(11-15(19)16-8-9-18)22(20,21)14-7-6-12-4-2-3-5-13(12)10-14/h2-7,10,18H,8-9,11H2,1H3,(H,16,19). The van der Waals surface area contributed by atoms with Gasteiger partial charge in [0.2, 0.25) is 15.9 Å². The summed E-state index contributed by atoms with van der Waals surface area (Å²) < 4.78 is 26.0. The Labute approximate surface area is 129 Å². The molecule has 2 aromatic rings. The maximum Gasteiger partial charge on any atom is 0.243 e. The fraction of sp³-hybridized carbons (Fsp3) is 0.267. The maximum absolute atomic E-state index is 12.5. The summed E-state index contributed by atoms with van der Waals surface area (Å²) in [4.78, 5) is 11.7. The second kappa shape index (κ2) is 6.87. The number of aliphatic hydroxyl groups is 1. The Bertz CT molecular complexity index is 774. The van der Waals surface area contributed by atoms with Crippen LogP contribution in [0.1, 0.15) is 0 Å². The van der Waals surface area contributed by atoms with Gasteiger partial charge in [-0.25, -0.2) is 8.42 Å². The van der Waals surface area contributed by atoms with E-state index in [1.165, 1.54) is 13.1 Å². The number of nitrogens with one attached hydrogen (secondary N) is 1. The molecule has 0 radical (unpaired) electrons. The van der Waals surface area contributed by atoms with Crippen LogP contribution in [0, 0.1) is 0 Å². The third kappa shape index (κ3) is 3.62. The van der Waals surface area contributed by atoms with Crippen molar-refractivity contribution in [3.63, 3.8) is 0 Å². The van der Waals surface area contributed by atoms with Crippen molar-refractivity contribution in [1.82, 2.24) is 9.62 Å². The summed E-state index contributed by atoms with van der Waals surface area (Å²) in [5.74, 6) is -0.457. The second-order valence-electron chi connectivity index (χ2n) is 4.84. The Morgan fingerprint density at radius 1 is 1.18 bits per heavy atom. The lowest BCUT2D eigenvalue weighted by Crippen LogP contribution is -2.39. The smallest absolute Gasteiger partial charge is 0.243 e. The molecule has 0 aliphatic rings. The molecule has 0 saturated carbocycles. The monoisotopic (exact) mass is 322 g/mol. The Morgan fingerprint density at radius 3 is 2.55 bits per heavy atom. The molecule has 2 N–H and O–H groups in total. The van der Waals surface area contributed by atoms with Crippen molar-refractivity contribution in [3.05, 3.63) is 42.5 Å². The molecular formula is C15H18N2O4S. The van der Waals surface area contributed by atoms with Crippen LogP contribution >= 0.6 is 0 Å². The molecule has 0 spiro atoms. The average molecular weight is 322 g/mol. The van der Waals surface area contributed by atoms with E-state index in [4.69, 9.17) is 5.11 Å². The lowest BCUT2D eigenvalue weighted by molar-refractivity contribution is -0.121. The van der Waals surface area contributed by atoms with Gasteiger partial charge in [-0.15, -0.1) is 0 Å². The minimum absolute atomic E-state index is 0.0999. The second-order valence-corrected chi connectivity index (χ2v) is 6.89. The van der Waals surface area contributed by atoms with Crippen molar-refractivity contribution < 1.29 is 18.3 Å². The van der Waals surface area contributed by atoms with E-state index in [9.17, 15) is 13.2 Å². The Kier molecular flexibility index (Phi) is 5.12. The molecule has 0 unspecified atom stereocenters. The number of likely N-dealkylation sites (N-methyl/N-ethyl adjacent to an activating group) is 1. The first kappa shape index (κ1) is 16.4. The van der Waals surface area contributed by atoms with Gasteiger partial charge in [-0.3, -0.25) is 4.79 Å². The zero-order valence-corrected chi connectivity index (χ0v) is 13.0. The molecule has 118 valence electrons. The number of hydrogen-bond acceptors (Lipinski definition) is 4. The third-order valence-corrected chi connectivity index (χ3v) is 5.03. The molecule has 2 aromatic carbocycles. The van der Waals surface area contributed by atoms with Crippen LogP contribution in [0.25, 0.3) is 10.8 Å². The molecule has 0 fully saturated rings. The number of amides is 1. The van der Waals surface area contributed by atoms with Crippen molar-refractivity contribution in [2.75, 3.05) is 26.7 Å². The van der Waals surface area contributed by atoms with Gasteiger partial charge < -0.3 is 10.4 Å². The zero-order valence-electron chi connectivity index (χ0n) is 12.2. The summed E-state index contributed by atoms with van der Waals surface area (Å²) in [7, 11) is -2.39. The highest BCUT2D eigenvalue weighted by atomic mass is 32.2. The fourth-order valence-electron chi connectivity index (χ4n) is 2.05. The number of rotatable bonds is 6. The van der Waals surface area contributed by atoms with Gasteiger partial charge in [0.15, 0.2) is 0 Å². The Hall–Kier alpha value is -1.96. The normalized spacial score (nSPS) is 11.8. The highest BCUT2D eigenvalue weighted by Gasteiger charge is 2.23. The molecule has 22 heavy (non-hydrogen) atoms. The van der Waals surface area contributed by atoms with Gasteiger partial charge in [-0.2, -0.15) is 4.31 Å². The number of carbonyl (C=O) groups is 1. The average Bonchev–Trinajstić information content (AvgIpc) is 2.52. The number of sulfonamides is 1. The van der Waals surface area contributed by atoms with Crippen molar-refractivity contribution in [3.8, 4) is 0 Å². The van der Waals surface area contributed by atoms with Crippen LogP contribution in [-0.4, -0.2) is 50.5 Å². The highest BCUT2D eigenvalue weighted by molar-refractivity contribution is 7.89. The molecule has 2 rings (SSSR count). The van der Waals surface area contributed by atoms with E-state index in [2.05, 4.69) is 5.32 Å². The number of carbonyl (C=O) groups excluding carboxylic acids is 1. The number of aliphatic hydroxyl groups excluding tert-OH is 1. The predicted octanol–water partition coefficient (Wildman–Crippen LogP) is 0.569. The van der Waals surface area contributed by atoms with Crippen LogP contribution in [0.5, 0.6) is 0 Å². The Balaban J connectivity index is 2.22. The van der Waals surface area contributed by atoms with Crippen LogP contribution in [0.3, 0.4) is 0 Å². The first-order valence-corrected chi connectivity index (χ1v) is 8.22. The molecule has 0 bridgehead atoms. The lowest BCUT2D eigenvalue weighted by atomic mass is 10.1. The predicted molar refractivity (Wildman–Crippen MR) is 83.9 cm³/mol. The van der Waals surface area contributed by atoms with Crippen LogP contribution in [0.2, 0.25) is 0 Å². The van der Waals surface area contributed by atoms with Crippen molar-refractivity contribution in [2.24, 2.45) is 0 Å². The first-order chi connectivity index (χ1) is 10.4. The largest absolute Gasteiger partial charge is 0.395 e. The summed E-state index contributed by atoms with van der Waals surface area (Å²) in [5.41, 5.74) is 0. The molecule has 6 nitrogen and oxygen atoms in total. The minimum atomic E-state index is -3.74. The van der Waals surface area contributed by atoms with Crippen molar-refractivity contribution >= 4 is 26.7 Å². The van der Waals surface area contributed by atoms with Gasteiger partial charge >= 0.3 is 0 Å². The van der Waals surface area contributed by atoms with E-state index in [-0.39, 0.29) is 24.6 Å². The molecule has 0 saturated heterocycles. The topological polar surface area (TPSA) is 86.7 Å². The van der Waals surface area contributed by atoms with Crippen molar-refractivity contribution in [1.29, 1.82) is 0 Å². The minimum Gasteiger partial charge on any atom is -0.395 e. The number of hydrogen-bond donors (Lipinski definition) is 2. The van der Waals surface area contributed by atoms with Crippen LogP contribution < -0.4 is 5.32 Å². The van der Waals surface area contributed by atoms with Crippen molar-refractivity contribution in [2.45, 2.75) is 4.90 Å². The van der Waals surface area contributed by atoms with E-state index in [0.29, 0.717) is 0 Å². The van der Waals surface area contributed by atoms with Gasteiger partial charge in [0.25, 0.3) is 0 Å². The lowest BCUT2D eigenvalue weighted by Gasteiger charge is -2.17. The van der Waals surface area contributed by atoms with Gasteiger partial charge in [0, 0.05) is 13.6 Å². The molecule has 0 heterocycles. The quantitative estimate of drug-likeness (QED) is 0.814. The van der Waals surface area contributed by atoms with E-state index < -0.39 is 15.9 Å². The maximum atomic E-state index is 12.5. The van der Waals surface area contributed by atoms with Gasteiger partial charge in [0.1, 0.15) is 0 Å². The van der Waals surface area contributed by atoms with Crippen LogP contribution in [0.15, 0.2) is 47.4 Å². The van der Waals surface area contributed by atoms with E-state index in [1.54, 1.807) is 12.1 Å². The summed E-state index contributed by atoms with van der Waals surface area (Å²) in [6, 6.07) is 12.3. The van der Waals surface area contributed by atoms with E-state index in [1.807, 2.05) is 24.3 Å². The number of fused-ring (bicyclic) bond motifs is 1. The molecule has 0 atom stereocenters. The molecule has 7 heteroatoms. The summed E-state index contributed by atoms with van der Waals surface area (Å²) in [6.07, 6.45) is 0. The third-order valence-electron chi connectivity index (χ3n) is 3.23. The van der Waals surface area contributed by atoms with E-state index >= 15 is 0 Å².